The summed E-state index contributed by atoms with van der Waals surface area (Å²) >= 11 is 0. The molecule has 2 N–H and O–H groups in total. The van der Waals surface area contributed by atoms with Crippen LogP contribution in [0.1, 0.15) is 5.56 Å². The van der Waals surface area contributed by atoms with Gasteiger partial charge in [0.25, 0.3) is 0 Å². The van der Waals surface area contributed by atoms with E-state index in [1.165, 1.54) is 5.56 Å². The van der Waals surface area contributed by atoms with Gasteiger partial charge in [0, 0.05) is 18.7 Å². The van der Waals surface area contributed by atoms with Crippen LogP contribution in [-0.2, 0) is 6.54 Å². The Morgan fingerprint density at radius 1 is 1.10 bits per heavy atom. The van der Waals surface area contributed by atoms with E-state index in [4.69, 9.17) is 9.47 Å². The number of imidazole rings is 1. The zero-order valence-corrected chi connectivity index (χ0v) is 10.7. The van der Waals surface area contributed by atoms with Gasteiger partial charge in [0.1, 0.15) is 0 Å². The van der Waals surface area contributed by atoms with E-state index in [1.807, 2.05) is 30.3 Å². The van der Waals surface area contributed by atoms with Crippen LogP contribution in [0.5, 0.6) is 11.5 Å². The van der Waals surface area contributed by atoms with Crippen molar-refractivity contribution in [3.05, 3.63) is 48.0 Å². The minimum Gasteiger partial charge on any atom is -0.454 e. The fraction of sp³-hybridized carbons (Fsp3) is 0.133. The molecule has 0 saturated heterocycles. The lowest BCUT2D eigenvalue weighted by Gasteiger charge is -2.01. The second-order valence-corrected chi connectivity index (χ2v) is 4.65. The van der Waals surface area contributed by atoms with Crippen molar-refractivity contribution >= 4 is 17.0 Å². The highest BCUT2D eigenvalue weighted by Crippen LogP contribution is 2.35. The van der Waals surface area contributed by atoms with Gasteiger partial charge in [0.15, 0.2) is 11.5 Å². The molecule has 0 amide bonds. The van der Waals surface area contributed by atoms with Crippen LogP contribution in [0.4, 0.5) is 5.95 Å². The van der Waals surface area contributed by atoms with Crippen LogP contribution in [0.15, 0.2) is 42.5 Å². The molecule has 0 radical (unpaired) electrons. The van der Waals surface area contributed by atoms with Crippen molar-refractivity contribution in [1.29, 1.82) is 0 Å². The van der Waals surface area contributed by atoms with E-state index in [2.05, 4.69) is 27.4 Å². The number of rotatable bonds is 3. The summed E-state index contributed by atoms with van der Waals surface area (Å²) in [7, 11) is 0. The monoisotopic (exact) mass is 267 g/mol. The first-order valence-corrected chi connectivity index (χ1v) is 6.46. The van der Waals surface area contributed by atoms with Crippen molar-refractivity contribution in [1.82, 2.24) is 9.97 Å². The summed E-state index contributed by atoms with van der Waals surface area (Å²) in [4.78, 5) is 7.74. The minimum absolute atomic E-state index is 0.279. The molecule has 1 aromatic heterocycles. The molecule has 0 atom stereocenters. The molecule has 0 fully saturated rings. The van der Waals surface area contributed by atoms with Crippen molar-refractivity contribution in [2.45, 2.75) is 6.54 Å². The molecule has 0 spiro atoms. The lowest BCUT2D eigenvalue weighted by atomic mass is 10.2. The van der Waals surface area contributed by atoms with E-state index in [9.17, 15) is 0 Å². The molecule has 5 nitrogen and oxygen atoms in total. The van der Waals surface area contributed by atoms with Crippen molar-refractivity contribution in [3.63, 3.8) is 0 Å². The first kappa shape index (κ1) is 11.2. The Balaban J connectivity index is 1.58. The number of hydrogen-bond donors (Lipinski definition) is 2. The highest BCUT2D eigenvalue weighted by Gasteiger charge is 2.16. The first-order chi connectivity index (χ1) is 9.88. The van der Waals surface area contributed by atoms with E-state index < -0.39 is 0 Å². The zero-order valence-electron chi connectivity index (χ0n) is 10.7. The van der Waals surface area contributed by atoms with Crippen LogP contribution in [0.3, 0.4) is 0 Å². The van der Waals surface area contributed by atoms with Crippen LogP contribution in [0, 0.1) is 0 Å². The Kier molecular flexibility index (Phi) is 2.48. The molecular formula is C15H13N3O2. The summed E-state index contributed by atoms with van der Waals surface area (Å²) in [6, 6.07) is 14.0. The van der Waals surface area contributed by atoms with Gasteiger partial charge in [0.2, 0.25) is 12.7 Å². The number of anilines is 1. The van der Waals surface area contributed by atoms with Gasteiger partial charge in [-0.1, -0.05) is 30.3 Å². The van der Waals surface area contributed by atoms with Gasteiger partial charge in [0.05, 0.1) is 11.0 Å². The predicted octanol–water partition coefficient (Wildman–Crippen LogP) is 2.90. The van der Waals surface area contributed by atoms with Crippen LogP contribution in [0.25, 0.3) is 11.0 Å². The number of nitrogens with zero attached hydrogens (tertiary/aromatic N) is 1. The predicted molar refractivity (Wildman–Crippen MR) is 76.0 cm³/mol. The second kappa shape index (κ2) is 4.45. The molecule has 0 unspecified atom stereocenters. The summed E-state index contributed by atoms with van der Waals surface area (Å²) in [5, 5.41) is 3.28. The molecule has 1 aliphatic rings. The van der Waals surface area contributed by atoms with Crippen LogP contribution < -0.4 is 14.8 Å². The van der Waals surface area contributed by atoms with E-state index in [1.54, 1.807) is 0 Å². The maximum absolute atomic E-state index is 5.35. The third-order valence-corrected chi connectivity index (χ3v) is 3.28. The van der Waals surface area contributed by atoms with Gasteiger partial charge in [-0.15, -0.1) is 0 Å². The number of hydrogen-bond acceptors (Lipinski definition) is 4. The summed E-state index contributed by atoms with van der Waals surface area (Å²) < 4.78 is 10.7. The topological polar surface area (TPSA) is 59.2 Å². The van der Waals surface area contributed by atoms with Gasteiger partial charge < -0.3 is 19.8 Å². The highest BCUT2D eigenvalue weighted by atomic mass is 16.7. The van der Waals surface area contributed by atoms with Gasteiger partial charge in [-0.25, -0.2) is 4.98 Å². The lowest BCUT2D eigenvalue weighted by Crippen LogP contribution is -2.00. The average Bonchev–Trinajstić information content (AvgIpc) is 3.08. The van der Waals surface area contributed by atoms with Crippen molar-refractivity contribution < 1.29 is 9.47 Å². The zero-order chi connectivity index (χ0) is 13.4. The van der Waals surface area contributed by atoms with Crippen LogP contribution in [-0.4, -0.2) is 16.8 Å². The summed E-state index contributed by atoms with van der Waals surface area (Å²) in [5.41, 5.74) is 3.01. The molecule has 0 saturated carbocycles. The molecule has 2 heterocycles. The molecule has 100 valence electrons. The average molecular weight is 267 g/mol. The number of H-pyrrole nitrogens is 1. The Bertz CT molecular complexity index is 711. The quantitative estimate of drug-likeness (QED) is 0.766. The van der Waals surface area contributed by atoms with Crippen molar-refractivity contribution in [2.75, 3.05) is 12.1 Å². The molecule has 3 aromatic rings. The lowest BCUT2D eigenvalue weighted by molar-refractivity contribution is 0.174. The summed E-state index contributed by atoms with van der Waals surface area (Å²) in [6.07, 6.45) is 0. The number of aromatic amines is 1. The summed E-state index contributed by atoms with van der Waals surface area (Å²) in [6.45, 7) is 1.01. The maximum atomic E-state index is 5.35. The van der Waals surface area contributed by atoms with Crippen LogP contribution >= 0.6 is 0 Å². The molecule has 20 heavy (non-hydrogen) atoms. The van der Waals surface area contributed by atoms with Crippen LogP contribution in [0.2, 0.25) is 0 Å². The molecule has 5 heteroatoms. The number of fused-ring (bicyclic) bond motifs is 2. The fourth-order valence-electron chi connectivity index (χ4n) is 2.27. The fourth-order valence-corrected chi connectivity index (χ4v) is 2.27. The molecular weight excluding hydrogens is 254 g/mol. The second-order valence-electron chi connectivity index (χ2n) is 4.65. The number of ether oxygens (including phenoxy) is 2. The largest absolute Gasteiger partial charge is 0.454 e. The molecule has 1 aliphatic heterocycles. The molecule has 4 rings (SSSR count). The highest BCUT2D eigenvalue weighted by molar-refractivity contribution is 5.81. The smallest absolute Gasteiger partial charge is 0.231 e. The Hall–Kier alpha value is -2.69. The minimum atomic E-state index is 0.279. The SMILES string of the molecule is c1ccc(CNc2nc3cc4c(cc3[nH]2)OCO4)cc1. The standard InChI is InChI=1S/C15H13N3O2/c1-2-4-10(5-3-1)8-16-15-17-11-6-13-14(20-9-19-13)7-12(11)18-15/h1-7H,8-9H2,(H2,16,17,18). The third kappa shape index (κ3) is 1.93. The number of nitrogens with one attached hydrogen (secondary N) is 2. The Morgan fingerprint density at radius 3 is 2.75 bits per heavy atom. The first-order valence-electron chi connectivity index (χ1n) is 6.46. The van der Waals surface area contributed by atoms with Crippen molar-refractivity contribution in [3.8, 4) is 11.5 Å². The molecule has 0 bridgehead atoms. The van der Waals surface area contributed by atoms with Gasteiger partial charge >= 0.3 is 0 Å². The normalized spacial score (nSPS) is 12.8. The van der Waals surface area contributed by atoms with E-state index in [-0.39, 0.29) is 6.79 Å². The Morgan fingerprint density at radius 2 is 1.90 bits per heavy atom. The van der Waals surface area contributed by atoms with E-state index in [0.29, 0.717) is 0 Å². The van der Waals surface area contributed by atoms with Crippen molar-refractivity contribution in [2.24, 2.45) is 0 Å². The third-order valence-electron chi connectivity index (χ3n) is 3.28. The maximum Gasteiger partial charge on any atom is 0.231 e. The number of aromatic nitrogens is 2. The van der Waals surface area contributed by atoms with E-state index >= 15 is 0 Å². The summed E-state index contributed by atoms with van der Waals surface area (Å²) in [5.74, 6) is 2.25. The Labute approximate surface area is 115 Å². The van der Waals surface area contributed by atoms with E-state index in [0.717, 1.165) is 35.0 Å². The van der Waals surface area contributed by atoms with Gasteiger partial charge in [-0.05, 0) is 5.56 Å². The van der Waals surface area contributed by atoms with Gasteiger partial charge in [-0.3, -0.25) is 0 Å². The molecule has 0 aliphatic carbocycles. The molecule has 2 aromatic carbocycles. The number of benzene rings is 2. The van der Waals surface area contributed by atoms with Gasteiger partial charge in [-0.2, -0.15) is 0 Å².